The molecular formula is C14H23BrN2. The second kappa shape index (κ2) is 7.02. The van der Waals surface area contributed by atoms with Crippen LogP contribution in [-0.4, -0.2) is 12.1 Å². The Morgan fingerprint density at radius 3 is 2.24 bits per heavy atom. The van der Waals surface area contributed by atoms with Gasteiger partial charge >= 0.3 is 0 Å². The minimum atomic E-state index is 0.0351. The van der Waals surface area contributed by atoms with Gasteiger partial charge in [-0.3, -0.25) is 0 Å². The van der Waals surface area contributed by atoms with E-state index < -0.39 is 0 Å². The number of nitrogens with one attached hydrogen (secondary N) is 1. The van der Waals surface area contributed by atoms with Crippen molar-refractivity contribution >= 4 is 21.6 Å². The molecule has 0 radical (unpaired) electrons. The standard InChI is InChI=1S/C14H23BrN2/c1-3-9-14(11-16,10-4-2)17-13-8-6-5-7-12(13)15/h5-8,17H,3-4,9-11,16H2,1-2H3. The zero-order chi connectivity index (χ0) is 12.7. The average molecular weight is 299 g/mol. The van der Waals surface area contributed by atoms with Crippen LogP contribution in [0.1, 0.15) is 39.5 Å². The van der Waals surface area contributed by atoms with Crippen molar-refractivity contribution in [2.45, 2.75) is 45.1 Å². The van der Waals surface area contributed by atoms with E-state index in [1.165, 1.54) is 0 Å². The molecule has 0 bridgehead atoms. The summed E-state index contributed by atoms with van der Waals surface area (Å²) in [4.78, 5) is 0. The smallest absolute Gasteiger partial charge is 0.0495 e. The molecule has 0 aliphatic heterocycles. The number of hydrogen-bond donors (Lipinski definition) is 2. The summed E-state index contributed by atoms with van der Waals surface area (Å²) in [5.74, 6) is 0. The number of hydrogen-bond acceptors (Lipinski definition) is 2. The molecule has 0 saturated carbocycles. The zero-order valence-corrected chi connectivity index (χ0v) is 12.4. The molecule has 96 valence electrons. The maximum Gasteiger partial charge on any atom is 0.0495 e. The summed E-state index contributed by atoms with van der Waals surface area (Å²) in [7, 11) is 0. The molecule has 0 heterocycles. The molecule has 3 heteroatoms. The summed E-state index contributed by atoms with van der Waals surface area (Å²) in [6.45, 7) is 5.10. The van der Waals surface area contributed by atoms with E-state index in [0.717, 1.165) is 35.8 Å². The Bertz CT molecular complexity index is 333. The number of para-hydroxylation sites is 1. The minimum absolute atomic E-state index is 0.0351. The Morgan fingerprint density at radius 2 is 1.76 bits per heavy atom. The molecule has 0 aliphatic carbocycles. The summed E-state index contributed by atoms with van der Waals surface area (Å²) >= 11 is 3.58. The summed E-state index contributed by atoms with van der Waals surface area (Å²) in [6.07, 6.45) is 4.51. The molecule has 1 aromatic rings. The minimum Gasteiger partial charge on any atom is -0.377 e. The van der Waals surface area contributed by atoms with Gasteiger partial charge in [-0.15, -0.1) is 0 Å². The average Bonchev–Trinajstić information content (AvgIpc) is 2.33. The van der Waals surface area contributed by atoms with Crippen LogP contribution in [0.4, 0.5) is 5.69 Å². The highest BCUT2D eigenvalue weighted by Gasteiger charge is 2.26. The Kier molecular flexibility index (Phi) is 6.00. The topological polar surface area (TPSA) is 38.0 Å². The largest absolute Gasteiger partial charge is 0.377 e. The predicted molar refractivity (Wildman–Crippen MR) is 79.4 cm³/mol. The van der Waals surface area contributed by atoms with Gasteiger partial charge in [-0.05, 0) is 40.9 Å². The molecule has 0 spiro atoms. The number of nitrogens with two attached hydrogens (primary N) is 1. The number of halogens is 1. The fourth-order valence-electron chi connectivity index (χ4n) is 2.31. The van der Waals surface area contributed by atoms with E-state index in [9.17, 15) is 0 Å². The van der Waals surface area contributed by atoms with Gasteiger partial charge in [0.2, 0.25) is 0 Å². The van der Waals surface area contributed by atoms with E-state index in [2.05, 4.69) is 47.2 Å². The first-order valence-corrected chi connectivity index (χ1v) is 7.19. The Labute approximate surface area is 113 Å². The quantitative estimate of drug-likeness (QED) is 0.793. The van der Waals surface area contributed by atoms with Crippen molar-refractivity contribution < 1.29 is 0 Å². The fourth-order valence-corrected chi connectivity index (χ4v) is 2.69. The van der Waals surface area contributed by atoms with E-state index in [1.807, 2.05) is 12.1 Å². The van der Waals surface area contributed by atoms with E-state index in [0.29, 0.717) is 6.54 Å². The molecule has 3 N–H and O–H groups in total. The van der Waals surface area contributed by atoms with Gasteiger partial charge < -0.3 is 11.1 Å². The van der Waals surface area contributed by atoms with Crippen molar-refractivity contribution in [3.8, 4) is 0 Å². The van der Waals surface area contributed by atoms with E-state index >= 15 is 0 Å². The van der Waals surface area contributed by atoms with E-state index in [1.54, 1.807) is 0 Å². The van der Waals surface area contributed by atoms with Crippen LogP contribution < -0.4 is 11.1 Å². The lowest BCUT2D eigenvalue weighted by molar-refractivity contribution is 0.401. The van der Waals surface area contributed by atoms with Crippen LogP contribution in [0.2, 0.25) is 0 Å². The van der Waals surface area contributed by atoms with Gasteiger partial charge in [-0.25, -0.2) is 0 Å². The zero-order valence-electron chi connectivity index (χ0n) is 10.8. The third-order valence-electron chi connectivity index (χ3n) is 3.12. The van der Waals surface area contributed by atoms with Crippen molar-refractivity contribution in [2.75, 3.05) is 11.9 Å². The molecule has 0 fully saturated rings. The number of anilines is 1. The van der Waals surface area contributed by atoms with E-state index in [-0.39, 0.29) is 5.54 Å². The van der Waals surface area contributed by atoms with Crippen LogP contribution in [0.25, 0.3) is 0 Å². The van der Waals surface area contributed by atoms with Crippen LogP contribution >= 0.6 is 15.9 Å². The first-order chi connectivity index (χ1) is 8.17. The molecule has 17 heavy (non-hydrogen) atoms. The highest BCUT2D eigenvalue weighted by atomic mass is 79.9. The predicted octanol–water partition coefficient (Wildman–Crippen LogP) is 4.16. The summed E-state index contributed by atoms with van der Waals surface area (Å²) in [6, 6.07) is 8.23. The first kappa shape index (κ1) is 14.5. The number of rotatable bonds is 7. The normalized spacial score (nSPS) is 11.5. The van der Waals surface area contributed by atoms with Crippen LogP contribution in [0.15, 0.2) is 28.7 Å². The lowest BCUT2D eigenvalue weighted by Crippen LogP contribution is -2.45. The van der Waals surface area contributed by atoms with Crippen molar-refractivity contribution in [1.29, 1.82) is 0 Å². The maximum atomic E-state index is 6.00. The van der Waals surface area contributed by atoms with Gasteiger partial charge in [0.1, 0.15) is 0 Å². The van der Waals surface area contributed by atoms with Crippen LogP contribution in [-0.2, 0) is 0 Å². The van der Waals surface area contributed by atoms with Gasteiger partial charge in [0.05, 0.1) is 0 Å². The van der Waals surface area contributed by atoms with Gasteiger partial charge in [0.15, 0.2) is 0 Å². The lowest BCUT2D eigenvalue weighted by atomic mass is 9.88. The van der Waals surface area contributed by atoms with Crippen LogP contribution in [0.3, 0.4) is 0 Å². The monoisotopic (exact) mass is 298 g/mol. The second-order valence-electron chi connectivity index (χ2n) is 4.59. The molecule has 0 saturated heterocycles. The molecule has 1 aromatic carbocycles. The summed E-state index contributed by atoms with van der Waals surface area (Å²) < 4.78 is 1.10. The third kappa shape index (κ3) is 4.00. The van der Waals surface area contributed by atoms with Crippen molar-refractivity contribution in [1.82, 2.24) is 0 Å². The highest BCUT2D eigenvalue weighted by Crippen LogP contribution is 2.29. The molecule has 0 aromatic heterocycles. The van der Waals surface area contributed by atoms with Gasteiger partial charge in [0, 0.05) is 22.2 Å². The lowest BCUT2D eigenvalue weighted by Gasteiger charge is -2.35. The first-order valence-electron chi connectivity index (χ1n) is 6.40. The van der Waals surface area contributed by atoms with Crippen molar-refractivity contribution in [3.63, 3.8) is 0 Å². The fraction of sp³-hybridized carbons (Fsp3) is 0.571. The molecule has 1 rings (SSSR count). The highest BCUT2D eigenvalue weighted by molar-refractivity contribution is 9.10. The van der Waals surface area contributed by atoms with Crippen molar-refractivity contribution in [3.05, 3.63) is 28.7 Å². The van der Waals surface area contributed by atoms with Gasteiger partial charge in [-0.2, -0.15) is 0 Å². The second-order valence-corrected chi connectivity index (χ2v) is 5.44. The van der Waals surface area contributed by atoms with E-state index in [4.69, 9.17) is 5.73 Å². The Morgan fingerprint density at radius 1 is 1.18 bits per heavy atom. The molecule has 0 atom stereocenters. The molecule has 0 unspecified atom stereocenters. The van der Waals surface area contributed by atoms with Crippen molar-refractivity contribution in [2.24, 2.45) is 5.73 Å². The Hall–Kier alpha value is -0.540. The third-order valence-corrected chi connectivity index (χ3v) is 3.81. The maximum absolute atomic E-state index is 6.00. The van der Waals surface area contributed by atoms with Crippen LogP contribution in [0.5, 0.6) is 0 Å². The number of benzene rings is 1. The molecular weight excluding hydrogens is 276 g/mol. The molecule has 0 aliphatic rings. The summed E-state index contributed by atoms with van der Waals surface area (Å²) in [5.41, 5.74) is 7.17. The van der Waals surface area contributed by atoms with Crippen LogP contribution in [0, 0.1) is 0 Å². The SMILES string of the molecule is CCCC(CN)(CCC)Nc1ccccc1Br. The summed E-state index contributed by atoms with van der Waals surface area (Å²) in [5, 5.41) is 3.64. The molecule has 0 amide bonds. The van der Waals surface area contributed by atoms with Gasteiger partial charge in [0.25, 0.3) is 0 Å². The van der Waals surface area contributed by atoms with Gasteiger partial charge in [-0.1, -0.05) is 38.8 Å². The molecule has 2 nitrogen and oxygen atoms in total. The Balaban J connectivity index is 2.88.